The van der Waals surface area contributed by atoms with Crippen molar-refractivity contribution in [3.8, 4) is 0 Å². The molecule has 4 heteroatoms. The van der Waals surface area contributed by atoms with Crippen LogP contribution in [0.15, 0.2) is 4.52 Å². The fourth-order valence-electron chi connectivity index (χ4n) is 3.23. The summed E-state index contributed by atoms with van der Waals surface area (Å²) in [6, 6.07) is 0. The van der Waals surface area contributed by atoms with Crippen LogP contribution in [0.25, 0.3) is 0 Å². The number of ketones is 1. The van der Waals surface area contributed by atoms with Crippen molar-refractivity contribution in [3.63, 3.8) is 0 Å². The van der Waals surface area contributed by atoms with Crippen LogP contribution >= 0.6 is 0 Å². The monoisotopic (exact) mass is 278 g/mol. The third kappa shape index (κ3) is 3.28. The Morgan fingerprint density at radius 2 is 1.95 bits per heavy atom. The number of hydrogen-bond donors (Lipinski definition) is 0. The van der Waals surface area contributed by atoms with Crippen LogP contribution in [0.4, 0.5) is 0 Å². The fraction of sp³-hybridized carbons (Fsp3) is 0.812. The number of Topliss-reactive ketones (excluding diaryl/α,β-unsaturated/α-hetero) is 1. The van der Waals surface area contributed by atoms with Crippen LogP contribution in [0.3, 0.4) is 0 Å². The van der Waals surface area contributed by atoms with E-state index in [1.165, 1.54) is 12.8 Å². The van der Waals surface area contributed by atoms with Crippen molar-refractivity contribution in [1.29, 1.82) is 0 Å². The number of hydrogen-bond acceptors (Lipinski definition) is 4. The Balaban J connectivity index is 2.01. The first-order valence-electron chi connectivity index (χ1n) is 7.86. The zero-order chi connectivity index (χ0) is 14.7. The van der Waals surface area contributed by atoms with Crippen LogP contribution in [0, 0.1) is 11.8 Å². The van der Waals surface area contributed by atoms with Gasteiger partial charge in [-0.3, -0.25) is 4.79 Å². The SMILES string of the molecule is CCC(C(C)=O)c1nc(C2CCC(C(C)C)CC2)no1. The Hall–Kier alpha value is -1.19. The molecule has 0 spiro atoms. The summed E-state index contributed by atoms with van der Waals surface area (Å²) in [5, 5.41) is 4.12. The Bertz CT molecular complexity index is 445. The van der Waals surface area contributed by atoms with Crippen LogP contribution in [0.2, 0.25) is 0 Å². The highest BCUT2D eigenvalue weighted by Crippen LogP contribution is 2.37. The van der Waals surface area contributed by atoms with Gasteiger partial charge in [-0.05, 0) is 50.9 Å². The lowest BCUT2D eigenvalue weighted by Gasteiger charge is -2.29. The van der Waals surface area contributed by atoms with Crippen LogP contribution in [0.1, 0.15) is 83.3 Å². The second kappa shape index (κ2) is 6.51. The maximum Gasteiger partial charge on any atom is 0.237 e. The van der Waals surface area contributed by atoms with Gasteiger partial charge in [-0.2, -0.15) is 4.98 Å². The van der Waals surface area contributed by atoms with Gasteiger partial charge in [-0.15, -0.1) is 0 Å². The quantitative estimate of drug-likeness (QED) is 0.814. The number of rotatable bonds is 5. The fourth-order valence-corrected chi connectivity index (χ4v) is 3.23. The van der Waals surface area contributed by atoms with E-state index in [1.807, 2.05) is 6.92 Å². The largest absolute Gasteiger partial charge is 0.339 e. The van der Waals surface area contributed by atoms with E-state index in [4.69, 9.17) is 4.52 Å². The summed E-state index contributed by atoms with van der Waals surface area (Å²) in [5.41, 5.74) is 0. The normalized spacial score (nSPS) is 24.9. The Kier molecular flexibility index (Phi) is 4.95. The predicted octanol–water partition coefficient (Wildman–Crippen LogP) is 4.08. The molecule has 1 aromatic heterocycles. The highest BCUT2D eigenvalue weighted by atomic mass is 16.5. The van der Waals surface area contributed by atoms with Gasteiger partial charge < -0.3 is 4.52 Å². The summed E-state index contributed by atoms with van der Waals surface area (Å²) in [7, 11) is 0. The Morgan fingerprint density at radius 1 is 1.30 bits per heavy atom. The molecule has 1 fully saturated rings. The standard InChI is InChI=1S/C16H26N2O2/c1-5-14(11(4)19)16-17-15(18-20-16)13-8-6-12(7-9-13)10(2)3/h10,12-14H,5-9H2,1-4H3. The Morgan fingerprint density at radius 3 is 2.45 bits per heavy atom. The molecule has 0 N–H and O–H groups in total. The third-order valence-electron chi connectivity index (χ3n) is 4.73. The maximum absolute atomic E-state index is 11.6. The lowest BCUT2D eigenvalue weighted by atomic mass is 9.77. The van der Waals surface area contributed by atoms with Crippen LogP contribution < -0.4 is 0 Å². The minimum atomic E-state index is -0.233. The van der Waals surface area contributed by atoms with E-state index >= 15 is 0 Å². The van der Waals surface area contributed by atoms with E-state index in [9.17, 15) is 4.79 Å². The van der Waals surface area contributed by atoms with Crippen molar-refractivity contribution < 1.29 is 9.32 Å². The number of carbonyl (C=O) groups excluding carboxylic acids is 1. The van der Waals surface area contributed by atoms with E-state index in [2.05, 4.69) is 24.0 Å². The second-order valence-corrected chi connectivity index (χ2v) is 6.42. The summed E-state index contributed by atoms with van der Waals surface area (Å²) in [6.45, 7) is 8.17. The van der Waals surface area contributed by atoms with Crippen LogP contribution in [-0.4, -0.2) is 15.9 Å². The average Bonchev–Trinajstić information content (AvgIpc) is 2.88. The highest BCUT2D eigenvalue weighted by molar-refractivity contribution is 5.82. The Labute approximate surface area is 121 Å². The van der Waals surface area contributed by atoms with E-state index in [0.29, 0.717) is 11.8 Å². The van der Waals surface area contributed by atoms with E-state index in [-0.39, 0.29) is 11.7 Å². The van der Waals surface area contributed by atoms with Gasteiger partial charge >= 0.3 is 0 Å². The summed E-state index contributed by atoms with van der Waals surface area (Å²) in [4.78, 5) is 16.0. The molecule has 0 saturated heterocycles. The molecule has 1 aliphatic rings. The second-order valence-electron chi connectivity index (χ2n) is 6.42. The molecule has 1 aromatic rings. The number of carbonyl (C=O) groups is 1. The van der Waals surface area contributed by atoms with E-state index in [1.54, 1.807) is 6.92 Å². The van der Waals surface area contributed by atoms with Crippen molar-refractivity contribution in [2.24, 2.45) is 11.8 Å². The predicted molar refractivity (Wildman–Crippen MR) is 77.5 cm³/mol. The molecule has 2 rings (SSSR count). The van der Waals surface area contributed by atoms with Crippen molar-refractivity contribution in [2.45, 2.75) is 71.6 Å². The average molecular weight is 278 g/mol. The minimum Gasteiger partial charge on any atom is -0.339 e. The maximum atomic E-state index is 11.6. The number of aromatic nitrogens is 2. The summed E-state index contributed by atoms with van der Waals surface area (Å²) < 4.78 is 5.32. The third-order valence-corrected chi connectivity index (χ3v) is 4.73. The molecule has 1 atom stereocenters. The van der Waals surface area contributed by atoms with E-state index in [0.717, 1.165) is 36.9 Å². The van der Waals surface area contributed by atoms with Crippen LogP contribution in [0.5, 0.6) is 0 Å². The first-order chi connectivity index (χ1) is 9.52. The zero-order valence-electron chi connectivity index (χ0n) is 13.1. The molecule has 1 heterocycles. The van der Waals surface area contributed by atoms with Gasteiger partial charge in [0.15, 0.2) is 5.82 Å². The zero-order valence-corrected chi connectivity index (χ0v) is 13.1. The van der Waals surface area contributed by atoms with Gasteiger partial charge in [0.05, 0.1) is 5.92 Å². The summed E-state index contributed by atoms with van der Waals surface area (Å²) in [6.07, 6.45) is 5.49. The smallest absolute Gasteiger partial charge is 0.237 e. The summed E-state index contributed by atoms with van der Waals surface area (Å²) in [5.74, 6) is 3.18. The van der Waals surface area contributed by atoms with Crippen molar-refractivity contribution in [1.82, 2.24) is 10.1 Å². The molecular weight excluding hydrogens is 252 g/mol. The van der Waals surface area contributed by atoms with Gasteiger partial charge in [0.25, 0.3) is 0 Å². The van der Waals surface area contributed by atoms with Crippen LogP contribution in [-0.2, 0) is 4.79 Å². The summed E-state index contributed by atoms with van der Waals surface area (Å²) >= 11 is 0. The van der Waals surface area contributed by atoms with Gasteiger partial charge in [0.1, 0.15) is 5.78 Å². The highest BCUT2D eigenvalue weighted by Gasteiger charge is 2.29. The molecule has 20 heavy (non-hydrogen) atoms. The molecular formula is C16H26N2O2. The van der Waals surface area contributed by atoms with Gasteiger partial charge in [0.2, 0.25) is 5.89 Å². The van der Waals surface area contributed by atoms with Crippen molar-refractivity contribution in [2.75, 3.05) is 0 Å². The van der Waals surface area contributed by atoms with Gasteiger partial charge in [-0.1, -0.05) is 25.9 Å². The van der Waals surface area contributed by atoms with Gasteiger partial charge in [0, 0.05) is 5.92 Å². The van der Waals surface area contributed by atoms with Crippen molar-refractivity contribution in [3.05, 3.63) is 11.7 Å². The molecule has 0 amide bonds. The molecule has 0 aromatic carbocycles. The molecule has 1 unspecified atom stereocenters. The lowest BCUT2D eigenvalue weighted by molar-refractivity contribution is -0.119. The molecule has 112 valence electrons. The molecule has 0 radical (unpaired) electrons. The molecule has 1 aliphatic carbocycles. The molecule has 1 saturated carbocycles. The number of nitrogens with zero attached hydrogens (tertiary/aromatic N) is 2. The van der Waals surface area contributed by atoms with E-state index < -0.39 is 0 Å². The minimum absolute atomic E-state index is 0.103. The van der Waals surface area contributed by atoms with Gasteiger partial charge in [-0.25, -0.2) is 0 Å². The molecule has 0 aliphatic heterocycles. The molecule has 0 bridgehead atoms. The first-order valence-corrected chi connectivity index (χ1v) is 7.86. The molecule has 4 nitrogen and oxygen atoms in total. The van der Waals surface area contributed by atoms with Crippen molar-refractivity contribution >= 4 is 5.78 Å². The topological polar surface area (TPSA) is 56.0 Å². The first kappa shape index (κ1) is 15.2. The lowest BCUT2D eigenvalue weighted by Crippen LogP contribution is -2.18.